The van der Waals surface area contributed by atoms with E-state index in [4.69, 9.17) is 15.7 Å². The van der Waals surface area contributed by atoms with Crippen molar-refractivity contribution < 1.29 is 52.1 Å². The van der Waals surface area contributed by atoms with Crippen molar-refractivity contribution >= 4 is 62.5 Å². The van der Waals surface area contributed by atoms with Crippen molar-refractivity contribution in [1.29, 1.82) is 0 Å². The van der Waals surface area contributed by atoms with Gasteiger partial charge in [0.2, 0.25) is 27.8 Å². The van der Waals surface area contributed by atoms with Gasteiger partial charge in [0.05, 0.1) is 21.5 Å². The van der Waals surface area contributed by atoms with Crippen LogP contribution in [0.1, 0.15) is 83.7 Å². The third kappa shape index (κ3) is 10.5. The molecule has 4 N–H and O–H groups in total. The minimum Gasteiger partial charge on any atom is -0.492 e. The lowest BCUT2D eigenvalue weighted by Crippen LogP contribution is -2.54. The summed E-state index contributed by atoms with van der Waals surface area (Å²) >= 11 is 0. The molecule has 1 atom stereocenters. The molecule has 17 nitrogen and oxygen atoms in total. The first-order chi connectivity index (χ1) is 34.4. The second-order valence-corrected chi connectivity index (χ2v) is 19.0. The number of piperidine rings is 2. The molecule has 4 amide bonds. The third-order valence-electron chi connectivity index (χ3n) is 11.2. The number of piperazine rings is 1. The fourth-order valence-corrected chi connectivity index (χ4v) is 9.36. The summed E-state index contributed by atoms with van der Waals surface area (Å²) in [5, 5.41) is 8.28. The normalized spacial score (nSPS) is 23.8. The van der Waals surface area contributed by atoms with Gasteiger partial charge in [-0.15, -0.1) is 0 Å². The van der Waals surface area contributed by atoms with Crippen LogP contribution in [0.4, 0.5) is 37.6 Å². The zero-order chi connectivity index (χ0) is 54.1. The Bertz CT molecular complexity index is 2990. The van der Waals surface area contributed by atoms with Crippen molar-refractivity contribution in [2.45, 2.75) is 69.9 Å². The molecular formula is C46H54F2N10O7S. The molecule has 4 aliphatic heterocycles. The number of aromatic nitrogens is 2. The van der Waals surface area contributed by atoms with Gasteiger partial charge in [0, 0.05) is 79.7 Å². The van der Waals surface area contributed by atoms with E-state index in [0.29, 0.717) is 71.3 Å². The summed E-state index contributed by atoms with van der Waals surface area (Å²) < 4.78 is 138. The van der Waals surface area contributed by atoms with E-state index in [-0.39, 0.29) is 35.2 Å². The Kier molecular flexibility index (Phi) is 10.7. The monoisotopic (exact) mass is 936 g/mol. The van der Waals surface area contributed by atoms with Crippen LogP contribution in [0.15, 0.2) is 65.7 Å². The highest BCUT2D eigenvalue weighted by atomic mass is 32.2. The minimum atomic E-state index is -3.77. The largest absolute Gasteiger partial charge is 0.492 e. The van der Waals surface area contributed by atoms with Gasteiger partial charge in [-0.05, 0) is 114 Å². The van der Waals surface area contributed by atoms with Crippen molar-refractivity contribution in [3.05, 3.63) is 89.1 Å². The van der Waals surface area contributed by atoms with Crippen molar-refractivity contribution in [3.63, 3.8) is 0 Å². The lowest BCUT2D eigenvalue weighted by Gasteiger charge is -2.39. The first-order valence-corrected chi connectivity index (χ1v) is 22.7. The van der Waals surface area contributed by atoms with Crippen molar-refractivity contribution in [3.8, 4) is 5.75 Å². The molecule has 1 unspecified atom stereocenters. The van der Waals surface area contributed by atoms with Gasteiger partial charge in [-0.1, -0.05) is 6.07 Å². The van der Waals surface area contributed by atoms with E-state index >= 15 is 8.78 Å². The number of ether oxygens (including phenoxy) is 1. The molecule has 350 valence electrons. The Hall–Kier alpha value is -6.09. The highest BCUT2D eigenvalue weighted by molar-refractivity contribution is 7.89. The Balaban J connectivity index is 0.860. The molecule has 4 aromatic rings. The van der Waals surface area contributed by atoms with E-state index in [2.05, 4.69) is 30.2 Å². The van der Waals surface area contributed by atoms with Gasteiger partial charge >= 0.3 is 0 Å². The zero-order valence-electron chi connectivity index (χ0n) is 44.5. The molecule has 0 bridgehead atoms. The molecule has 4 aliphatic rings. The fourth-order valence-electron chi connectivity index (χ4n) is 7.90. The Morgan fingerprint density at radius 3 is 2.33 bits per heavy atom. The number of nitrogens with one attached hydrogen (secondary N) is 4. The molecular weight excluding hydrogens is 875 g/mol. The number of likely N-dealkylation sites (tertiary alicyclic amines) is 1. The Morgan fingerprint density at radius 1 is 0.909 bits per heavy atom. The van der Waals surface area contributed by atoms with Crippen molar-refractivity contribution in [1.82, 2.24) is 34.7 Å². The number of rotatable bonds is 14. The number of aryl methyl sites for hydroxylation is 1. The van der Waals surface area contributed by atoms with Crippen LogP contribution in [0, 0.1) is 24.5 Å². The van der Waals surface area contributed by atoms with Crippen LogP contribution in [0.25, 0.3) is 0 Å². The summed E-state index contributed by atoms with van der Waals surface area (Å²) in [6.07, 6.45) is 1.76. The Morgan fingerprint density at radius 2 is 1.64 bits per heavy atom. The number of carbonyl (C=O) groups excluding carboxylic acids is 4. The predicted molar refractivity (Wildman–Crippen MR) is 243 cm³/mol. The summed E-state index contributed by atoms with van der Waals surface area (Å²) in [5.74, 6) is -7.43. The summed E-state index contributed by atoms with van der Waals surface area (Å²) in [6, 6.07) is 12.2. The van der Waals surface area contributed by atoms with Gasteiger partial charge in [-0.3, -0.25) is 39.2 Å². The van der Waals surface area contributed by atoms with Crippen LogP contribution < -0.4 is 30.3 Å². The number of imide groups is 2. The van der Waals surface area contributed by atoms with Crippen molar-refractivity contribution in [2.24, 2.45) is 5.92 Å². The molecule has 0 aliphatic carbocycles. The maximum Gasteiger partial charge on any atom is 0.265 e. The fraction of sp³-hybridized carbons (Fsp3) is 0.435. The SMILES string of the molecule is [2H]C1([2H])N(CC2CCN(CCOc3ccc(Nc4ncc(C)c(Nc5cccc(S(=O)(=O)NC(C)(C)C)c5)n4)cc3)CC2)C([2H])([2H])C([2H])([2H])N(c2c(F)cc3c(c2F)C(=O)N(C2CCC(=O)NC2=O)C3=O)C1([2H])[2H]. The van der Waals surface area contributed by atoms with E-state index < -0.39 is 112 Å². The molecule has 1 aromatic heterocycles. The number of benzene rings is 3. The van der Waals surface area contributed by atoms with Gasteiger partial charge in [-0.2, -0.15) is 4.98 Å². The molecule has 0 saturated carbocycles. The number of amides is 4. The summed E-state index contributed by atoms with van der Waals surface area (Å²) in [7, 11) is -3.77. The molecule has 66 heavy (non-hydrogen) atoms. The molecule has 3 fully saturated rings. The van der Waals surface area contributed by atoms with E-state index in [1.165, 1.54) is 12.1 Å². The van der Waals surface area contributed by atoms with E-state index in [0.717, 1.165) is 5.56 Å². The number of sulfonamides is 1. The van der Waals surface area contributed by atoms with Gasteiger partial charge in [-0.25, -0.2) is 26.9 Å². The summed E-state index contributed by atoms with van der Waals surface area (Å²) in [4.78, 5) is 62.6. The number of hydrogen-bond donors (Lipinski definition) is 4. The average molecular weight is 937 g/mol. The number of fused-ring (bicyclic) bond motifs is 1. The second-order valence-electron chi connectivity index (χ2n) is 17.3. The van der Waals surface area contributed by atoms with Gasteiger partial charge < -0.3 is 20.3 Å². The van der Waals surface area contributed by atoms with Crippen molar-refractivity contribution in [2.75, 3.05) is 74.3 Å². The lowest BCUT2D eigenvalue weighted by atomic mass is 9.96. The molecule has 0 radical (unpaired) electrons. The average Bonchev–Trinajstić information content (AvgIpc) is 3.55. The molecule has 8 rings (SSSR count). The third-order valence-corrected chi connectivity index (χ3v) is 12.9. The first-order valence-electron chi connectivity index (χ1n) is 25.2. The lowest BCUT2D eigenvalue weighted by molar-refractivity contribution is -0.136. The summed E-state index contributed by atoms with van der Waals surface area (Å²) in [6.45, 7) is -6.12. The minimum absolute atomic E-state index is 0.0953. The van der Waals surface area contributed by atoms with Crippen LogP contribution in [0.2, 0.25) is 0 Å². The van der Waals surface area contributed by atoms with Crippen LogP contribution in [-0.4, -0.2) is 127 Å². The van der Waals surface area contributed by atoms with E-state index in [1.807, 2.05) is 12.2 Å². The van der Waals surface area contributed by atoms with Crippen LogP contribution in [0.3, 0.4) is 0 Å². The van der Waals surface area contributed by atoms with Crippen LogP contribution >= 0.6 is 0 Å². The molecule has 3 saturated heterocycles. The number of carbonyl (C=O) groups is 4. The quantitative estimate of drug-likeness (QED) is 0.124. The molecule has 3 aromatic carbocycles. The standard InChI is InChI=1S/C46H54F2N10O7S/c1-28-26-49-45(53-41(28)50-31-6-5-7-33(24-31)66(63,64)54-46(2,3)4)51-30-8-10-32(11-9-30)65-23-22-55-16-14-29(15-17-55)27-56-18-20-57(21-19-56)40-35(47)25-34-38(39(40)48)44(62)58(43(34)61)36-12-13-37(59)52-42(36)60/h5-11,24-26,29,36,54H,12-23,27H2,1-4H3,(H,52,59,60)(H2,49,50,51,53)/i18D2,19D2,20D2,21D2. The molecule has 20 heteroatoms. The number of halogens is 2. The molecule has 0 spiro atoms. The van der Waals surface area contributed by atoms with Gasteiger partial charge in [0.1, 0.15) is 35.7 Å². The summed E-state index contributed by atoms with van der Waals surface area (Å²) in [5.41, 5.74) is -2.44. The number of anilines is 5. The number of hydrogen-bond acceptors (Lipinski definition) is 14. The second kappa shape index (κ2) is 19.0. The maximum atomic E-state index is 16.6. The van der Waals surface area contributed by atoms with E-state index in [9.17, 15) is 27.6 Å². The number of nitrogens with zero attached hydrogens (tertiary/aromatic N) is 6. The van der Waals surface area contributed by atoms with Gasteiger partial charge in [0.25, 0.3) is 11.8 Å². The predicted octanol–water partition coefficient (Wildman–Crippen LogP) is 4.94. The van der Waals surface area contributed by atoms with Gasteiger partial charge in [0.15, 0.2) is 5.82 Å². The maximum absolute atomic E-state index is 16.6. The zero-order valence-corrected chi connectivity index (χ0v) is 37.3. The van der Waals surface area contributed by atoms with Crippen LogP contribution in [-0.2, 0) is 19.6 Å². The first kappa shape index (κ1) is 37.1. The smallest absolute Gasteiger partial charge is 0.265 e. The highest BCUT2D eigenvalue weighted by Crippen LogP contribution is 2.36. The highest BCUT2D eigenvalue weighted by Gasteiger charge is 2.47. The molecule has 5 heterocycles. The van der Waals surface area contributed by atoms with Crippen LogP contribution in [0.5, 0.6) is 5.75 Å². The van der Waals surface area contributed by atoms with E-state index in [1.54, 1.807) is 63.4 Å². The Labute approximate surface area is 393 Å². The topological polar surface area (TPSA) is 199 Å².